The molecule has 0 amide bonds. The molecule has 0 aliphatic carbocycles. The van der Waals surface area contributed by atoms with E-state index < -0.39 is 0 Å². The van der Waals surface area contributed by atoms with Crippen molar-refractivity contribution in [1.82, 2.24) is 8.96 Å². The Bertz CT molecular complexity index is 484. The quantitative estimate of drug-likeness (QED) is 0.858. The monoisotopic (exact) mass is 270 g/mol. The molecule has 0 atom stereocenters. The summed E-state index contributed by atoms with van der Waals surface area (Å²) in [4.78, 5) is 21.3. The summed E-state index contributed by atoms with van der Waals surface area (Å²) < 4.78 is 13.7. The summed E-state index contributed by atoms with van der Waals surface area (Å²) in [5.41, 5.74) is 0. The summed E-state index contributed by atoms with van der Waals surface area (Å²) in [7, 11) is 0. The van der Waals surface area contributed by atoms with E-state index in [4.69, 9.17) is 9.59 Å². The van der Waals surface area contributed by atoms with Gasteiger partial charge in [-0.15, -0.1) is 3.89 Å². The first kappa shape index (κ1) is 13.5. The van der Waals surface area contributed by atoms with Gasteiger partial charge in [0, 0.05) is 17.3 Å². The van der Waals surface area contributed by atoms with Crippen LogP contribution < -0.4 is 0 Å². The Morgan fingerprint density at radius 1 is 1.24 bits per heavy atom. The Morgan fingerprint density at radius 2 is 1.88 bits per heavy atom. The van der Waals surface area contributed by atoms with E-state index in [0.29, 0.717) is 5.16 Å². The molecule has 1 aromatic heterocycles. The highest BCUT2D eigenvalue weighted by Gasteiger charge is 2.04. The molecule has 88 valence electrons. The van der Waals surface area contributed by atoms with Gasteiger partial charge in [0.05, 0.1) is 0 Å². The molecular formula is C10H7FN2O2S2. The van der Waals surface area contributed by atoms with Crippen molar-refractivity contribution in [3.8, 4) is 0 Å². The summed E-state index contributed by atoms with van der Waals surface area (Å²) in [6, 6.07) is 9.76. The molecule has 0 unspecified atom stereocenters. The summed E-state index contributed by atoms with van der Waals surface area (Å²) in [5.74, 6) is 0. The number of aromatic nitrogens is 2. The van der Waals surface area contributed by atoms with Gasteiger partial charge in [-0.05, 0) is 12.1 Å². The number of imidazole rings is 1. The molecule has 0 aliphatic heterocycles. The average molecular weight is 270 g/mol. The highest BCUT2D eigenvalue weighted by molar-refractivity contribution is 8.00. The Labute approximate surface area is 106 Å². The van der Waals surface area contributed by atoms with Crippen LogP contribution in [0, 0.1) is 0 Å². The van der Waals surface area contributed by atoms with E-state index in [0.717, 1.165) is 4.90 Å². The van der Waals surface area contributed by atoms with Crippen LogP contribution >= 0.6 is 24.1 Å². The van der Waals surface area contributed by atoms with Crippen LogP contribution in [0.1, 0.15) is 0 Å². The first-order valence-electron chi connectivity index (χ1n) is 4.36. The zero-order valence-corrected chi connectivity index (χ0v) is 10.1. The SMILES string of the molecule is FSn1ccnc1Sc1ccccc1.O=C=O. The molecule has 0 saturated heterocycles. The standard InChI is InChI=1S/C9H7FN2S2.CO2/c10-14-12-7-6-11-9(12)13-8-4-2-1-3-5-8;2-1-3/h1-7H;. The highest BCUT2D eigenvalue weighted by Crippen LogP contribution is 2.28. The smallest absolute Gasteiger partial charge is 0.240 e. The molecule has 0 fully saturated rings. The van der Waals surface area contributed by atoms with E-state index in [1.165, 1.54) is 15.7 Å². The molecule has 0 saturated carbocycles. The summed E-state index contributed by atoms with van der Waals surface area (Å²) in [6.07, 6.45) is 3.42. The van der Waals surface area contributed by atoms with Gasteiger partial charge >= 0.3 is 6.15 Å². The Kier molecular flexibility index (Phi) is 6.09. The van der Waals surface area contributed by atoms with E-state index >= 15 is 0 Å². The minimum absolute atomic E-state index is 0.155. The van der Waals surface area contributed by atoms with Gasteiger partial charge in [-0.1, -0.05) is 30.0 Å². The van der Waals surface area contributed by atoms with Crippen LogP contribution in [0.3, 0.4) is 0 Å². The fourth-order valence-electron chi connectivity index (χ4n) is 0.996. The van der Waals surface area contributed by atoms with E-state index in [9.17, 15) is 3.89 Å². The fourth-order valence-corrected chi connectivity index (χ4v) is 2.17. The van der Waals surface area contributed by atoms with Crippen LogP contribution in [-0.4, -0.2) is 15.1 Å². The number of hydrogen-bond acceptors (Lipinski definition) is 5. The van der Waals surface area contributed by atoms with Crippen LogP contribution in [0.2, 0.25) is 0 Å². The molecule has 4 nitrogen and oxygen atoms in total. The van der Waals surface area contributed by atoms with Gasteiger partial charge in [-0.25, -0.2) is 8.96 Å². The first-order chi connectivity index (χ1) is 8.31. The maximum atomic E-state index is 12.3. The van der Waals surface area contributed by atoms with Crippen molar-refractivity contribution < 1.29 is 13.5 Å². The number of nitrogens with zero attached hydrogens (tertiary/aromatic N) is 2. The largest absolute Gasteiger partial charge is 0.373 e. The van der Waals surface area contributed by atoms with Crippen LogP contribution in [-0.2, 0) is 9.59 Å². The number of hydrogen-bond donors (Lipinski definition) is 0. The van der Waals surface area contributed by atoms with Crippen molar-refractivity contribution in [3.63, 3.8) is 0 Å². The lowest BCUT2D eigenvalue weighted by Gasteiger charge is -2.00. The molecule has 17 heavy (non-hydrogen) atoms. The molecule has 0 N–H and O–H groups in total. The second-order valence-corrected chi connectivity index (χ2v) is 4.18. The third-order valence-electron chi connectivity index (χ3n) is 1.60. The zero-order chi connectivity index (χ0) is 12.5. The minimum Gasteiger partial charge on any atom is -0.240 e. The number of benzene rings is 1. The van der Waals surface area contributed by atoms with Crippen LogP contribution in [0.5, 0.6) is 0 Å². The maximum Gasteiger partial charge on any atom is 0.373 e. The van der Waals surface area contributed by atoms with Crippen molar-refractivity contribution in [1.29, 1.82) is 0 Å². The third kappa shape index (κ3) is 4.44. The molecule has 1 aromatic carbocycles. The summed E-state index contributed by atoms with van der Waals surface area (Å²) >= 11 is 1.59. The Morgan fingerprint density at radius 3 is 2.47 bits per heavy atom. The maximum absolute atomic E-state index is 12.3. The predicted octanol–water partition coefficient (Wildman–Crippen LogP) is 2.83. The second-order valence-electron chi connectivity index (χ2n) is 2.60. The number of halogens is 1. The van der Waals surface area contributed by atoms with Gasteiger partial charge in [0.1, 0.15) is 0 Å². The lowest BCUT2D eigenvalue weighted by Crippen LogP contribution is -1.84. The van der Waals surface area contributed by atoms with E-state index in [1.807, 2.05) is 30.3 Å². The lowest BCUT2D eigenvalue weighted by atomic mass is 10.4. The van der Waals surface area contributed by atoms with Crippen molar-refractivity contribution in [2.45, 2.75) is 10.1 Å². The summed E-state index contributed by atoms with van der Waals surface area (Å²) in [5, 5.41) is 0.642. The predicted molar refractivity (Wildman–Crippen MR) is 61.9 cm³/mol. The van der Waals surface area contributed by atoms with Gasteiger partial charge in [0.15, 0.2) is 17.5 Å². The zero-order valence-electron chi connectivity index (χ0n) is 8.45. The van der Waals surface area contributed by atoms with Gasteiger partial charge in [0.2, 0.25) is 0 Å². The van der Waals surface area contributed by atoms with Crippen molar-refractivity contribution in [3.05, 3.63) is 42.7 Å². The molecular weight excluding hydrogens is 263 g/mol. The highest BCUT2D eigenvalue weighted by atomic mass is 32.2. The fraction of sp³-hybridized carbons (Fsp3) is 0. The molecule has 7 heteroatoms. The Hall–Kier alpha value is -1.56. The van der Waals surface area contributed by atoms with Crippen LogP contribution in [0.4, 0.5) is 3.89 Å². The number of carbonyl (C=O) groups excluding carboxylic acids is 2. The van der Waals surface area contributed by atoms with E-state index in [2.05, 4.69) is 4.98 Å². The van der Waals surface area contributed by atoms with Gasteiger partial charge in [0.25, 0.3) is 0 Å². The van der Waals surface area contributed by atoms with Crippen molar-refractivity contribution >= 4 is 30.2 Å². The van der Waals surface area contributed by atoms with E-state index in [-0.39, 0.29) is 18.5 Å². The molecule has 0 radical (unpaired) electrons. The molecule has 0 spiro atoms. The Balaban J connectivity index is 0.000000437. The van der Waals surface area contributed by atoms with Crippen LogP contribution in [0.25, 0.3) is 0 Å². The topological polar surface area (TPSA) is 52.0 Å². The molecule has 0 bridgehead atoms. The second kappa shape index (κ2) is 7.67. The molecule has 0 aliphatic rings. The van der Waals surface area contributed by atoms with Gasteiger partial charge < -0.3 is 0 Å². The normalized spacial score (nSPS) is 9.00. The van der Waals surface area contributed by atoms with Gasteiger partial charge in [-0.3, -0.25) is 0 Å². The van der Waals surface area contributed by atoms with Crippen molar-refractivity contribution in [2.75, 3.05) is 0 Å². The van der Waals surface area contributed by atoms with Crippen molar-refractivity contribution in [2.24, 2.45) is 0 Å². The molecule has 1 heterocycles. The minimum atomic E-state index is 0.155. The number of rotatable bonds is 3. The molecule has 2 rings (SSSR count). The lowest BCUT2D eigenvalue weighted by molar-refractivity contribution is -0.191. The van der Waals surface area contributed by atoms with Crippen LogP contribution in [0.15, 0.2) is 52.8 Å². The summed E-state index contributed by atoms with van der Waals surface area (Å²) in [6.45, 7) is 0. The molecule has 2 aromatic rings. The van der Waals surface area contributed by atoms with E-state index in [1.54, 1.807) is 12.4 Å². The van der Waals surface area contributed by atoms with Gasteiger partial charge in [-0.2, -0.15) is 9.59 Å². The average Bonchev–Trinajstić information content (AvgIpc) is 2.79. The third-order valence-corrected chi connectivity index (χ3v) is 3.15. The first-order valence-corrected chi connectivity index (χ1v) is 5.85.